The van der Waals surface area contributed by atoms with Crippen LogP contribution in [0, 0.1) is 5.82 Å². The summed E-state index contributed by atoms with van der Waals surface area (Å²) < 4.78 is 73.0. The number of benzene rings is 1. The maximum Gasteiger partial charge on any atom is 0.419 e. The van der Waals surface area contributed by atoms with Crippen LogP contribution in [-0.4, -0.2) is 12.2 Å². The highest BCUT2D eigenvalue weighted by atomic mass is 19.4. The van der Waals surface area contributed by atoms with Crippen LogP contribution in [0.5, 0.6) is 0 Å². The van der Waals surface area contributed by atoms with Gasteiger partial charge in [-0.2, -0.15) is 13.2 Å². The molecule has 1 aromatic carbocycles. The first kappa shape index (κ1) is 12.5. The molecular weight excluding hydrogens is 238 g/mol. The molecule has 1 aromatic rings. The molecule has 16 heavy (non-hydrogen) atoms. The van der Waals surface area contributed by atoms with Crippen molar-refractivity contribution in [2.45, 2.75) is 12.6 Å². The molecule has 0 N–H and O–H groups in total. The van der Waals surface area contributed by atoms with Crippen molar-refractivity contribution in [3.8, 4) is 0 Å². The molecule has 0 radical (unpaired) electrons. The monoisotopic (exact) mass is 242 g/mol. The van der Waals surface area contributed by atoms with Gasteiger partial charge in [-0.25, -0.2) is 13.2 Å². The van der Waals surface area contributed by atoms with E-state index < -0.39 is 35.3 Å². The lowest BCUT2D eigenvalue weighted by Crippen LogP contribution is -2.14. The molecule has 0 spiro atoms. The Morgan fingerprint density at radius 1 is 1.19 bits per heavy atom. The summed E-state index contributed by atoms with van der Waals surface area (Å²) in [5.74, 6) is -3.39. The average Bonchev–Trinajstić information content (AvgIpc) is 2.15. The van der Waals surface area contributed by atoms with Crippen molar-refractivity contribution in [3.05, 3.63) is 35.1 Å². The SMILES string of the molecule is O=C(c1ccc(F)c(C(F)(F)F)c1)C(F)F. The van der Waals surface area contributed by atoms with E-state index in [-0.39, 0.29) is 6.07 Å². The molecule has 0 unspecified atom stereocenters. The molecule has 0 amide bonds. The van der Waals surface area contributed by atoms with Gasteiger partial charge in [-0.3, -0.25) is 4.79 Å². The minimum Gasteiger partial charge on any atom is -0.288 e. The standard InChI is InChI=1S/C9H4F6O/c10-6-2-1-4(7(16)8(11)12)3-5(6)9(13,14)15/h1-3,8H. The van der Waals surface area contributed by atoms with Crippen LogP contribution in [-0.2, 0) is 6.18 Å². The van der Waals surface area contributed by atoms with Gasteiger partial charge in [-0.1, -0.05) is 0 Å². The number of carbonyl (C=O) groups is 1. The van der Waals surface area contributed by atoms with Crippen molar-refractivity contribution >= 4 is 5.78 Å². The van der Waals surface area contributed by atoms with Gasteiger partial charge in [0.25, 0.3) is 0 Å². The second-order valence-corrected chi connectivity index (χ2v) is 2.86. The number of carbonyl (C=O) groups excluding carboxylic acids is 1. The zero-order valence-corrected chi connectivity index (χ0v) is 7.49. The molecule has 0 saturated carbocycles. The van der Waals surface area contributed by atoms with Gasteiger partial charge in [0, 0.05) is 5.56 Å². The van der Waals surface area contributed by atoms with Gasteiger partial charge in [-0.05, 0) is 18.2 Å². The minimum atomic E-state index is -5.03. The Morgan fingerprint density at radius 2 is 1.75 bits per heavy atom. The second kappa shape index (κ2) is 4.15. The largest absolute Gasteiger partial charge is 0.419 e. The van der Waals surface area contributed by atoms with E-state index in [9.17, 15) is 31.1 Å². The molecule has 0 aliphatic heterocycles. The molecule has 1 rings (SSSR count). The van der Waals surface area contributed by atoms with E-state index in [1.165, 1.54) is 0 Å². The van der Waals surface area contributed by atoms with Crippen LogP contribution < -0.4 is 0 Å². The minimum absolute atomic E-state index is 0.0732. The van der Waals surface area contributed by atoms with Crippen molar-refractivity contribution in [2.24, 2.45) is 0 Å². The second-order valence-electron chi connectivity index (χ2n) is 2.86. The quantitative estimate of drug-likeness (QED) is 0.574. The lowest BCUT2D eigenvalue weighted by Gasteiger charge is -2.09. The number of Topliss-reactive ketones (excluding diaryl/α,β-unsaturated/α-hetero) is 1. The van der Waals surface area contributed by atoms with Crippen LogP contribution in [0.15, 0.2) is 18.2 Å². The van der Waals surface area contributed by atoms with Crippen molar-refractivity contribution < 1.29 is 31.1 Å². The molecule has 7 heteroatoms. The maximum absolute atomic E-state index is 12.7. The van der Waals surface area contributed by atoms with Crippen LogP contribution in [0.25, 0.3) is 0 Å². The highest BCUT2D eigenvalue weighted by Crippen LogP contribution is 2.32. The van der Waals surface area contributed by atoms with Crippen LogP contribution in [0.2, 0.25) is 0 Å². The Morgan fingerprint density at radius 3 is 2.19 bits per heavy atom. The van der Waals surface area contributed by atoms with Gasteiger partial charge in [0.1, 0.15) is 5.82 Å². The Bertz CT molecular complexity index is 409. The first-order valence-electron chi connectivity index (χ1n) is 3.92. The molecular formula is C9H4F6O. The molecule has 88 valence electrons. The summed E-state index contributed by atoms with van der Waals surface area (Å²) in [7, 11) is 0. The normalized spacial score (nSPS) is 11.9. The Hall–Kier alpha value is -1.53. The van der Waals surface area contributed by atoms with E-state index in [1.54, 1.807) is 0 Å². The molecule has 0 heterocycles. The highest BCUT2D eigenvalue weighted by molar-refractivity contribution is 5.98. The zero-order chi connectivity index (χ0) is 12.5. The Balaban J connectivity index is 3.23. The van der Waals surface area contributed by atoms with Gasteiger partial charge in [0.15, 0.2) is 0 Å². The third kappa shape index (κ3) is 2.53. The van der Waals surface area contributed by atoms with Gasteiger partial charge in [-0.15, -0.1) is 0 Å². The van der Waals surface area contributed by atoms with Crippen LogP contribution in [0.3, 0.4) is 0 Å². The zero-order valence-electron chi connectivity index (χ0n) is 7.49. The lowest BCUT2D eigenvalue weighted by atomic mass is 10.1. The predicted octanol–water partition coefficient (Wildman–Crippen LogP) is 3.29. The van der Waals surface area contributed by atoms with Gasteiger partial charge in [0.2, 0.25) is 5.78 Å². The third-order valence-corrected chi connectivity index (χ3v) is 1.75. The molecule has 0 atom stereocenters. The van der Waals surface area contributed by atoms with E-state index in [0.717, 1.165) is 0 Å². The van der Waals surface area contributed by atoms with Gasteiger partial charge in [0.05, 0.1) is 5.56 Å². The number of halogens is 6. The molecule has 0 fully saturated rings. The number of rotatable bonds is 2. The smallest absolute Gasteiger partial charge is 0.288 e. The molecule has 0 aliphatic rings. The lowest BCUT2D eigenvalue weighted by molar-refractivity contribution is -0.140. The van der Waals surface area contributed by atoms with E-state index in [2.05, 4.69) is 0 Å². The molecule has 0 bridgehead atoms. The summed E-state index contributed by atoms with van der Waals surface area (Å²) in [5.41, 5.74) is -2.61. The number of hydrogen-bond donors (Lipinski definition) is 0. The number of alkyl halides is 5. The summed E-state index contributed by atoms with van der Waals surface area (Å²) in [6, 6.07) is 0.987. The number of hydrogen-bond acceptors (Lipinski definition) is 1. The van der Waals surface area contributed by atoms with Crippen LogP contribution >= 0.6 is 0 Å². The van der Waals surface area contributed by atoms with Crippen LogP contribution in [0.4, 0.5) is 26.3 Å². The molecule has 1 nitrogen and oxygen atoms in total. The van der Waals surface area contributed by atoms with E-state index in [4.69, 9.17) is 0 Å². The highest BCUT2D eigenvalue weighted by Gasteiger charge is 2.35. The first-order chi connectivity index (χ1) is 7.23. The van der Waals surface area contributed by atoms with E-state index in [0.29, 0.717) is 12.1 Å². The van der Waals surface area contributed by atoms with E-state index in [1.807, 2.05) is 0 Å². The average molecular weight is 242 g/mol. The first-order valence-corrected chi connectivity index (χ1v) is 3.92. The summed E-state index contributed by atoms with van der Waals surface area (Å²) >= 11 is 0. The summed E-state index contributed by atoms with van der Waals surface area (Å²) in [4.78, 5) is 10.7. The molecule has 0 saturated heterocycles. The molecule has 0 aliphatic carbocycles. The Labute approximate surface area is 85.7 Å². The van der Waals surface area contributed by atoms with E-state index >= 15 is 0 Å². The van der Waals surface area contributed by atoms with Crippen molar-refractivity contribution in [1.29, 1.82) is 0 Å². The Kier molecular flexibility index (Phi) is 3.25. The van der Waals surface area contributed by atoms with Crippen molar-refractivity contribution in [3.63, 3.8) is 0 Å². The summed E-state index contributed by atoms with van der Waals surface area (Å²) in [6.07, 6.45) is -8.45. The fourth-order valence-corrected chi connectivity index (χ4v) is 1.02. The topological polar surface area (TPSA) is 17.1 Å². The maximum atomic E-state index is 12.7. The van der Waals surface area contributed by atoms with Crippen molar-refractivity contribution in [2.75, 3.05) is 0 Å². The molecule has 0 aromatic heterocycles. The summed E-state index contributed by atoms with van der Waals surface area (Å²) in [5, 5.41) is 0. The fraction of sp³-hybridized carbons (Fsp3) is 0.222. The van der Waals surface area contributed by atoms with Gasteiger partial charge < -0.3 is 0 Å². The predicted molar refractivity (Wildman–Crippen MR) is 41.7 cm³/mol. The third-order valence-electron chi connectivity index (χ3n) is 1.75. The van der Waals surface area contributed by atoms with Crippen molar-refractivity contribution in [1.82, 2.24) is 0 Å². The fourth-order valence-electron chi connectivity index (χ4n) is 1.02. The van der Waals surface area contributed by atoms with Crippen LogP contribution in [0.1, 0.15) is 15.9 Å². The number of ketones is 1. The van der Waals surface area contributed by atoms with Gasteiger partial charge >= 0.3 is 12.6 Å². The summed E-state index contributed by atoms with van der Waals surface area (Å²) in [6.45, 7) is 0.